The number of aromatic nitrogens is 3. The first-order valence-electron chi connectivity index (χ1n) is 7.83. The van der Waals surface area contributed by atoms with Gasteiger partial charge < -0.3 is 10.1 Å². The van der Waals surface area contributed by atoms with E-state index in [9.17, 15) is 18.4 Å². The number of halogens is 2. The molecule has 0 atom stereocenters. The number of alkyl carbamates (subject to hydrolysis) is 1. The monoisotopic (exact) mass is 366 g/mol. The summed E-state index contributed by atoms with van der Waals surface area (Å²) in [6, 6.07) is 5.28. The highest BCUT2D eigenvalue weighted by Gasteiger charge is 2.16. The number of carbonyl (C=O) groups is 1. The molecule has 1 heterocycles. The van der Waals surface area contributed by atoms with Crippen LogP contribution in [0.15, 0.2) is 47.3 Å². The van der Waals surface area contributed by atoms with Crippen molar-refractivity contribution in [1.82, 2.24) is 19.7 Å². The molecule has 7 nitrogen and oxygen atoms in total. The van der Waals surface area contributed by atoms with Crippen molar-refractivity contribution in [2.75, 3.05) is 6.61 Å². The zero-order valence-electron chi connectivity index (χ0n) is 14.7. The van der Waals surface area contributed by atoms with Crippen molar-refractivity contribution in [2.45, 2.75) is 32.9 Å². The molecule has 9 heteroatoms. The Hall–Kier alpha value is -2.97. The van der Waals surface area contributed by atoms with E-state index in [1.807, 2.05) is 0 Å². The fourth-order valence-electron chi connectivity index (χ4n) is 2.03. The maximum atomic E-state index is 13.1. The summed E-state index contributed by atoms with van der Waals surface area (Å²) in [5.41, 5.74) is -0.536. The van der Waals surface area contributed by atoms with Gasteiger partial charge in [0, 0.05) is 11.1 Å². The summed E-state index contributed by atoms with van der Waals surface area (Å²) in [6.07, 6.45) is 0.827. The second-order valence-electron chi connectivity index (χ2n) is 6.64. The van der Waals surface area contributed by atoms with Gasteiger partial charge >= 0.3 is 11.8 Å². The van der Waals surface area contributed by atoms with Gasteiger partial charge in [-0.1, -0.05) is 0 Å². The second-order valence-corrected chi connectivity index (χ2v) is 6.64. The predicted octanol–water partition coefficient (Wildman–Crippen LogP) is 2.55. The second kappa shape index (κ2) is 7.94. The summed E-state index contributed by atoms with van der Waals surface area (Å²) < 4.78 is 33.2. The number of amides is 1. The van der Waals surface area contributed by atoms with E-state index in [2.05, 4.69) is 10.4 Å². The van der Waals surface area contributed by atoms with Crippen LogP contribution in [0.2, 0.25) is 0 Å². The Kier molecular flexibility index (Phi) is 5.91. The highest BCUT2D eigenvalue weighted by Crippen LogP contribution is 2.07. The molecule has 1 amide bonds. The van der Waals surface area contributed by atoms with Gasteiger partial charge in [0.15, 0.2) is 0 Å². The van der Waals surface area contributed by atoms with Crippen molar-refractivity contribution in [3.8, 4) is 5.69 Å². The Bertz CT molecular complexity index is 848. The highest BCUT2D eigenvalue weighted by atomic mass is 19.1. The normalized spacial score (nSPS) is 12.1. The van der Waals surface area contributed by atoms with Crippen LogP contribution in [0.3, 0.4) is 0 Å². The van der Waals surface area contributed by atoms with Crippen molar-refractivity contribution in [3.05, 3.63) is 58.8 Å². The molecular formula is C17H20F2N4O3. The summed E-state index contributed by atoms with van der Waals surface area (Å²) in [4.78, 5) is 23.9. The molecule has 0 radical (unpaired) electrons. The van der Waals surface area contributed by atoms with Gasteiger partial charge in [-0.3, -0.25) is 0 Å². The van der Waals surface area contributed by atoms with Crippen LogP contribution in [0.1, 0.15) is 20.8 Å². The van der Waals surface area contributed by atoms with Gasteiger partial charge in [0.1, 0.15) is 18.8 Å². The van der Waals surface area contributed by atoms with Crippen molar-refractivity contribution in [1.29, 1.82) is 0 Å². The molecule has 0 aliphatic heterocycles. The van der Waals surface area contributed by atoms with Crippen LogP contribution in [0, 0.1) is 5.82 Å². The van der Waals surface area contributed by atoms with E-state index < -0.39 is 23.1 Å². The van der Waals surface area contributed by atoms with Crippen LogP contribution in [-0.2, 0) is 11.3 Å². The van der Waals surface area contributed by atoms with Gasteiger partial charge in [0.25, 0.3) is 0 Å². The minimum Gasteiger partial charge on any atom is -0.445 e. The van der Waals surface area contributed by atoms with E-state index in [1.54, 1.807) is 20.8 Å². The van der Waals surface area contributed by atoms with Gasteiger partial charge in [0.05, 0.1) is 18.6 Å². The van der Waals surface area contributed by atoms with Crippen LogP contribution < -0.4 is 11.0 Å². The van der Waals surface area contributed by atoms with Crippen LogP contribution in [0.5, 0.6) is 0 Å². The molecule has 1 aromatic carbocycles. The van der Waals surface area contributed by atoms with Crippen molar-refractivity contribution >= 4 is 6.09 Å². The minimum atomic E-state index is -0.693. The lowest BCUT2D eigenvalue weighted by molar-refractivity contribution is 0.145. The first-order valence-corrected chi connectivity index (χ1v) is 7.83. The molecule has 0 bridgehead atoms. The molecule has 1 aromatic heterocycles. The molecule has 0 aliphatic rings. The molecule has 2 aromatic rings. The van der Waals surface area contributed by atoms with E-state index in [-0.39, 0.29) is 25.1 Å². The largest absolute Gasteiger partial charge is 0.445 e. The molecule has 0 aliphatic carbocycles. The Morgan fingerprint density at radius 3 is 2.54 bits per heavy atom. The molecule has 26 heavy (non-hydrogen) atoms. The number of carbonyl (C=O) groups excluding carboxylic acids is 1. The number of rotatable bonds is 5. The van der Waals surface area contributed by atoms with Gasteiger partial charge in [0.2, 0.25) is 0 Å². The quantitative estimate of drug-likeness (QED) is 0.882. The number of nitrogens with zero attached hydrogens (tertiary/aromatic N) is 3. The maximum absolute atomic E-state index is 13.1. The van der Waals surface area contributed by atoms with Gasteiger partial charge in [-0.05, 0) is 45.0 Å². The number of hydrogen-bond donors (Lipinski definition) is 1. The minimum absolute atomic E-state index is 0.0560. The maximum Gasteiger partial charge on any atom is 0.407 e. The Morgan fingerprint density at radius 2 is 1.96 bits per heavy atom. The lowest BCUT2D eigenvalue weighted by Gasteiger charge is -2.20. The SMILES string of the molecule is CC(C)(C)NC(=O)OC/C(=C/F)Cn1ncn(-c2ccc(F)cc2)c1=O. The fraction of sp³-hybridized carbons (Fsp3) is 0.353. The van der Waals surface area contributed by atoms with Gasteiger partial charge in [-0.15, -0.1) is 0 Å². The number of hydrogen-bond acceptors (Lipinski definition) is 4. The smallest absolute Gasteiger partial charge is 0.407 e. The molecule has 0 fully saturated rings. The average Bonchev–Trinajstić information content (AvgIpc) is 2.91. The third-order valence-electron chi connectivity index (χ3n) is 3.21. The topological polar surface area (TPSA) is 78.2 Å². The standard InChI is InChI=1S/C17H20F2N4O3/c1-17(2,3)21-15(24)26-10-12(8-18)9-23-16(25)22(11-20-23)14-6-4-13(19)5-7-14/h4-8,11H,9-10H2,1-3H3,(H,21,24)/b12-8+. The van der Waals surface area contributed by atoms with Crippen LogP contribution in [0.25, 0.3) is 5.69 Å². The number of ether oxygens (including phenoxy) is 1. The molecule has 0 saturated heterocycles. The summed E-state index contributed by atoms with van der Waals surface area (Å²) in [6.45, 7) is 4.83. The average molecular weight is 366 g/mol. The van der Waals surface area contributed by atoms with Crippen LogP contribution in [0.4, 0.5) is 13.6 Å². The molecular weight excluding hydrogens is 346 g/mol. The third kappa shape index (κ3) is 5.27. The lowest BCUT2D eigenvalue weighted by Crippen LogP contribution is -2.41. The predicted molar refractivity (Wildman–Crippen MR) is 91.2 cm³/mol. The molecule has 0 saturated carbocycles. The summed E-state index contributed by atoms with van der Waals surface area (Å²) in [5, 5.41) is 6.47. The summed E-state index contributed by atoms with van der Waals surface area (Å²) in [5.74, 6) is -0.428. The van der Waals surface area contributed by atoms with E-state index in [0.717, 1.165) is 4.68 Å². The van der Waals surface area contributed by atoms with Gasteiger partial charge in [-0.2, -0.15) is 5.10 Å². The highest BCUT2D eigenvalue weighted by molar-refractivity contribution is 5.68. The van der Waals surface area contributed by atoms with E-state index >= 15 is 0 Å². The van der Waals surface area contributed by atoms with Crippen molar-refractivity contribution < 1.29 is 18.3 Å². The lowest BCUT2D eigenvalue weighted by atomic mass is 10.1. The Morgan fingerprint density at radius 1 is 1.31 bits per heavy atom. The zero-order chi connectivity index (χ0) is 19.3. The summed E-state index contributed by atoms with van der Waals surface area (Å²) in [7, 11) is 0. The van der Waals surface area contributed by atoms with E-state index in [4.69, 9.17) is 4.74 Å². The number of benzene rings is 1. The first-order chi connectivity index (χ1) is 12.2. The van der Waals surface area contributed by atoms with E-state index in [1.165, 1.54) is 35.2 Å². The number of nitrogens with one attached hydrogen (secondary N) is 1. The first kappa shape index (κ1) is 19.4. The van der Waals surface area contributed by atoms with Gasteiger partial charge in [-0.25, -0.2) is 27.6 Å². The van der Waals surface area contributed by atoms with Crippen molar-refractivity contribution in [3.63, 3.8) is 0 Å². The molecule has 140 valence electrons. The molecule has 0 unspecified atom stereocenters. The summed E-state index contributed by atoms with van der Waals surface area (Å²) >= 11 is 0. The zero-order valence-corrected chi connectivity index (χ0v) is 14.7. The van der Waals surface area contributed by atoms with Crippen molar-refractivity contribution in [2.24, 2.45) is 0 Å². The molecule has 1 N–H and O–H groups in total. The molecule has 0 spiro atoms. The fourth-order valence-corrected chi connectivity index (χ4v) is 2.03. The molecule has 2 rings (SSSR count). The van der Waals surface area contributed by atoms with Crippen LogP contribution >= 0.6 is 0 Å². The van der Waals surface area contributed by atoms with Crippen LogP contribution in [-0.4, -0.2) is 32.6 Å². The van der Waals surface area contributed by atoms with E-state index in [0.29, 0.717) is 5.69 Å². The Labute approximate surface area is 148 Å². The Balaban J connectivity index is 2.04. The third-order valence-corrected chi connectivity index (χ3v) is 3.21.